The Morgan fingerprint density at radius 1 is 1.50 bits per heavy atom. The molecule has 1 heterocycles. The average Bonchev–Trinajstić information content (AvgIpc) is 2.26. The number of rotatable bonds is 3. The van der Waals surface area contributed by atoms with Crippen LogP contribution in [0, 0.1) is 0 Å². The van der Waals surface area contributed by atoms with Crippen molar-refractivity contribution in [1.29, 1.82) is 0 Å². The molecule has 0 saturated heterocycles. The second-order valence-electron chi connectivity index (χ2n) is 4.37. The van der Waals surface area contributed by atoms with Crippen molar-refractivity contribution < 1.29 is 4.79 Å². The lowest BCUT2D eigenvalue weighted by atomic mass is 9.90. The molecule has 0 radical (unpaired) electrons. The van der Waals surface area contributed by atoms with E-state index < -0.39 is 0 Å². The molecule has 86 valence electrons. The molecule has 2 nitrogen and oxygen atoms in total. The van der Waals surface area contributed by atoms with E-state index in [2.05, 4.69) is 24.4 Å². The van der Waals surface area contributed by atoms with Gasteiger partial charge in [-0.25, -0.2) is 0 Å². The number of halogens is 1. The fourth-order valence-corrected chi connectivity index (χ4v) is 2.28. The molecule has 16 heavy (non-hydrogen) atoms. The number of alkyl halides is 1. The number of nitrogens with one attached hydrogen (secondary N) is 1. The number of amides is 1. The van der Waals surface area contributed by atoms with Crippen LogP contribution < -0.4 is 5.32 Å². The minimum absolute atomic E-state index is 0.119. The van der Waals surface area contributed by atoms with Crippen molar-refractivity contribution in [3.63, 3.8) is 0 Å². The lowest BCUT2D eigenvalue weighted by Crippen LogP contribution is -2.21. The molecule has 0 spiro atoms. The highest BCUT2D eigenvalue weighted by atomic mass is 35.5. The van der Waals surface area contributed by atoms with Crippen molar-refractivity contribution in [3.05, 3.63) is 29.3 Å². The van der Waals surface area contributed by atoms with Crippen LogP contribution in [-0.2, 0) is 11.2 Å². The molecule has 1 aliphatic heterocycles. The lowest BCUT2D eigenvalue weighted by molar-refractivity contribution is -0.116. The Kier molecular flexibility index (Phi) is 3.49. The molecule has 0 saturated carbocycles. The van der Waals surface area contributed by atoms with E-state index in [0.717, 1.165) is 18.5 Å². The van der Waals surface area contributed by atoms with E-state index in [1.165, 1.54) is 11.1 Å². The molecular weight excluding hydrogens is 222 g/mol. The molecule has 0 unspecified atom stereocenters. The first-order valence-corrected chi connectivity index (χ1v) is 6.23. The highest BCUT2D eigenvalue weighted by molar-refractivity contribution is 6.17. The molecular formula is C13H16ClNO. The topological polar surface area (TPSA) is 29.1 Å². The van der Waals surface area contributed by atoms with Gasteiger partial charge < -0.3 is 5.32 Å². The minimum Gasteiger partial charge on any atom is -0.326 e. The minimum atomic E-state index is 0.119. The number of carbonyl (C=O) groups excluding carboxylic acids is 1. The van der Waals surface area contributed by atoms with E-state index in [-0.39, 0.29) is 5.91 Å². The number of aryl methyl sites for hydroxylation is 1. The third kappa shape index (κ3) is 2.38. The Hall–Kier alpha value is -1.02. The molecule has 1 N–H and O–H groups in total. The summed E-state index contributed by atoms with van der Waals surface area (Å²) in [5.74, 6) is 1.14. The predicted molar refractivity (Wildman–Crippen MR) is 67.1 cm³/mol. The highest BCUT2D eigenvalue weighted by Crippen LogP contribution is 2.32. The van der Waals surface area contributed by atoms with Crippen molar-refractivity contribution in [3.8, 4) is 0 Å². The molecule has 0 aromatic heterocycles. The maximum Gasteiger partial charge on any atom is 0.224 e. The van der Waals surface area contributed by atoms with E-state index in [9.17, 15) is 4.79 Å². The summed E-state index contributed by atoms with van der Waals surface area (Å²) in [6.07, 6.45) is 2.60. The second kappa shape index (κ2) is 4.88. The summed E-state index contributed by atoms with van der Waals surface area (Å²) >= 11 is 5.69. The van der Waals surface area contributed by atoms with Crippen LogP contribution in [0.15, 0.2) is 18.2 Å². The van der Waals surface area contributed by atoms with Gasteiger partial charge in [0.2, 0.25) is 5.91 Å². The Labute approximate surface area is 101 Å². The monoisotopic (exact) mass is 237 g/mol. The van der Waals surface area contributed by atoms with Crippen molar-refractivity contribution in [2.24, 2.45) is 0 Å². The number of benzene rings is 1. The van der Waals surface area contributed by atoms with Gasteiger partial charge in [-0.1, -0.05) is 19.1 Å². The Balaban J connectivity index is 2.24. The summed E-state index contributed by atoms with van der Waals surface area (Å²) in [7, 11) is 0. The Bertz CT molecular complexity index is 403. The average molecular weight is 238 g/mol. The molecule has 3 heteroatoms. The fourth-order valence-electron chi connectivity index (χ4n) is 2.15. The maximum absolute atomic E-state index is 11.4. The number of anilines is 1. The molecule has 0 fully saturated rings. The third-order valence-corrected chi connectivity index (χ3v) is 3.28. The van der Waals surface area contributed by atoms with Crippen LogP contribution in [-0.4, -0.2) is 11.8 Å². The van der Waals surface area contributed by atoms with Crippen LogP contribution in [0.3, 0.4) is 0 Å². The van der Waals surface area contributed by atoms with Gasteiger partial charge in [-0.05, 0) is 36.0 Å². The van der Waals surface area contributed by atoms with Crippen LogP contribution in [0.4, 0.5) is 5.69 Å². The van der Waals surface area contributed by atoms with Crippen molar-refractivity contribution in [2.45, 2.75) is 32.1 Å². The van der Waals surface area contributed by atoms with Gasteiger partial charge in [0.05, 0.1) is 0 Å². The van der Waals surface area contributed by atoms with Crippen LogP contribution in [0.25, 0.3) is 0 Å². The van der Waals surface area contributed by atoms with E-state index in [0.29, 0.717) is 18.2 Å². The summed E-state index contributed by atoms with van der Waals surface area (Å²) in [5.41, 5.74) is 3.53. The first kappa shape index (κ1) is 11.5. The van der Waals surface area contributed by atoms with Gasteiger partial charge in [0, 0.05) is 18.0 Å². The van der Waals surface area contributed by atoms with Gasteiger partial charge in [-0.3, -0.25) is 4.79 Å². The zero-order valence-corrected chi connectivity index (χ0v) is 10.2. The summed E-state index contributed by atoms with van der Waals surface area (Å²) in [6.45, 7) is 2.10. The van der Waals surface area contributed by atoms with Gasteiger partial charge in [0.15, 0.2) is 0 Å². The molecule has 0 aliphatic carbocycles. The van der Waals surface area contributed by atoms with Crippen LogP contribution >= 0.6 is 11.6 Å². The Morgan fingerprint density at radius 3 is 3.06 bits per heavy atom. The molecule has 0 bridgehead atoms. The highest BCUT2D eigenvalue weighted by Gasteiger charge is 2.21. The van der Waals surface area contributed by atoms with Crippen LogP contribution in [0.5, 0.6) is 0 Å². The maximum atomic E-state index is 11.4. The van der Waals surface area contributed by atoms with E-state index >= 15 is 0 Å². The first-order valence-electron chi connectivity index (χ1n) is 5.69. The number of hydrogen-bond donors (Lipinski definition) is 1. The quantitative estimate of drug-likeness (QED) is 0.803. The summed E-state index contributed by atoms with van der Waals surface area (Å²) in [6, 6.07) is 6.28. The van der Waals surface area contributed by atoms with Gasteiger partial charge in [0.25, 0.3) is 0 Å². The first-order chi connectivity index (χ1) is 7.70. The van der Waals surface area contributed by atoms with Gasteiger partial charge in [0.1, 0.15) is 0 Å². The van der Waals surface area contributed by atoms with E-state index in [1.54, 1.807) is 0 Å². The molecule has 2 rings (SSSR count). The lowest BCUT2D eigenvalue weighted by Gasteiger charge is -2.23. The van der Waals surface area contributed by atoms with Crippen LogP contribution in [0.1, 0.15) is 36.8 Å². The molecule has 1 amide bonds. The largest absolute Gasteiger partial charge is 0.326 e. The number of fused-ring (bicyclic) bond motifs is 1. The molecule has 1 aromatic carbocycles. The third-order valence-electron chi connectivity index (χ3n) is 3.01. The summed E-state index contributed by atoms with van der Waals surface area (Å²) < 4.78 is 0. The number of carbonyl (C=O) groups is 1. The van der Waals surface area contributed by atoms with Crippen molar-refractivity contribution in [1.82, 2.24) is 0 Å². The van der Waals surface area contributed by atoms with E-state index in [1.807, 2.05) is 6.07 Å². The zero-order valence-electron chi connectivity index (χ0n) is 9.42. The summed E-state index contributed by atoms with van der Waals surface area (Å²) in [4.78, 5) is 11.4. The zero-order chi connectivity index (χ0) is 11.5. The van der Waals surface area contributed by atoms with Gasteiger partial charge >= 0.3 is 0 Å². The number of hydrogen-bond acceptors (Lipinski definition) is 1. The second-order valence-corrected chi connectivity index (χ2v) is 4.75. The van der Waals surface area contributed by atoms with Crippen molar-refractivity contribution in [2.75, 3.05) is 11.2 Å². The standard InChI is InChI=1S/C13H16ClNO/c1-9-7-13(16)15-12-5-4-10(3-2-6-14)8-11(9)12/h4-5,8-9H,2-3,6-7H2,1H3,(H,15,16)/t9-/m1/s1. The SMILES string of the molecule is C[C@@H]1CC(=O)Nc2ccc(CCCCl)cc21. The van der Waals surface area contributed by atoms with Crippen LogP contribution in [0.2, 0.25) is 0 Å². The van der Waals surface area contributed by atoms with Crippen molar-refractivity contribution >= 4 is 23.2 Å². The Morgan fingerprint density at radius 2 is 2.31 bits per heavy atom. The molecule has 1 aliphatic rings. The predicted octanol–water partition coefficient (Wildman–Crippen LogP) is 3.30. The smallest absolute Gasteiger partial charge is 0.224 e. The van der Waals surface area contributed by atoms with Gasteiger partial charge in [-0.2, -0.15) is 0 Å². The molecule has 1 aromatic rings. The van der Waals surface area contributed by atoms with Gasteiger partial charge in [-0.15, -0.1) is 11.6 Å². The molecule has 1 atom stereocenters. The van der Waals surface area contributed by atoms with E-state index in [4.69, 9.17) is 11.6 Å². The summed E-state index contributed by atoms with van der Waals surface area (Å²) in [5, 5.41) is 2.91. The fraction of sp³-hybridized carbons (Fsp3) is 0.462. The normalized spacial score (nSPS) is 19.1.